The number of nitrogens with two attached hydrogens (primary N) is 1. The lowest BCUT2D eigenvalue weighted by atomic mass is 10.5. The van der Waals surface area contributed by atoms with Crippen molar-refractivity contribution in [3.63, 3.8) is 0 Å². The molecule has 0 aliphatic carbocycles. The molecular formula is C7H11N3S. The van der Waals surface area contributed by atoms with Crippen LogP contribution in [-0.2, 0) is 0 Å². The predicted octanol–water partition coefficient (Wildman–Crippen LogP) is 0.918. The summed E-state index contributed by atoms with van der Waals surface area (Å²) in [6, 6.07) is 1.81. The van der Waals surface area contributed by atoms with Gasteiger partial charge in [-0.1, -0.05) is 11.8 Å². The highest BCUT2D eigenvalue weighted by Gasteiger charge is 1.92. The van der Waals surface area contributed by atoms with E-state index in [0.717, 1.165) is 23.9 Å². The van der Waals surface area contributed by atoms with Crippen LogP contribution in [0.2, 0.25) is 0 Å². The van der Waals surface area contributed by atoms with Crippen LogP contribution in [0.1, 0.15) is 6.42 Å². The normalized spacial score (nSPS) is 9.91. The molecule has 1 aromatic heterocycles. The molecule has 0 amide bonds. The van der Waals surface area contributed by atoms with Gasteiger partial charge < -0.3 is 5.73 Å². The number of thioether (sulfide) groups is 1. The van der Waals surface area contributed by atoms with Crippen molar-refractivity contribution < 1.29 is 0 Å². The number of nitrogens with zero attached hydrogens (tertiary/aromatic N) is 2. The van der Waals surface area contributed by atoms with E-state index in [1.165, 1.54) is 0 Å². The Balaban J connectivity index is 2.28. The first kappa shape index (κ1) is 8.49. The van der Waals surface area contributed by atoms with E-state index in [1.807, 2.05) is 6.07 Å². The van der Waals surface area contributed by atoms with Gasteiger partial charge in [0.05, 0.1) is 0 Å². The quantitative estimate of drug-likeness (QED) is 0.413. The molecule has 0 atom stereocenters. The SMILES string of the molecule is NCCCSc1ncccn1. The van der Waals surface area contributed by atoms with E-state index in [1.54, 1.807) is 24.2 Å². The number of rotatable bonds is 4. The maximum absolute atomic E-state index is 5.34. The molecule has 0 radical (unpaired) electrons. The fourth-order valence-corrected chi connectivity index (χ4v) is 1.37. The highest BCUT2D eigenvalue weighted by Crippen LogP contribution is 2.10. The Morgan fingerprint density at radius 2 is 2.09 bits per heavy atom. The van der Waals surface area contributed by atoms with E-state index in [0.29, 0.717) is 0 Å². The van der Waals surface area contributed by atoms with E-state index in [4.69, 9.17) is 5.73 Å². The summed E-state index contributed by atoms with van der Waals surface area (Å²) in [6.45, 7) is 0.736. The summed E-state index contributed by atoms with van der Waals surface area (Å²) in [5.74, 6) is 1.00. The maximum atomic E-state index is 5.34. The molecule has 4 heteroatoms. The van der Waals surface area contributed by atoms with E-state index < -0.39 is 0 Å². The minimum Gasteiger partial charge on any atom is -0.330 e. The van der Waals surface area contributed by atoms with Crippen LogP contribution in [0.3, 0.4) is 0 Å². The molecule has 2 N–H and O–H groups in total. The molecule has 0 fully saturated rings. The lowest BCUT2D eigenvalue weighted by Crippen LogP contribution is -1.99. The molecular weight excluding hydrogens is 158 g/mol. The number of hydrogen-bond acceptors (Lipinski definition) is 4. The molecule has 1 rings (SSSR count). The van der Waals surface area contributed by atoms with Gasteiger partial charge in [-0.05, 0) is 19.0 Å². The van der Waals surface area contributed by atoms with Crippen LogP contribution >= 0.6 is 11.8 Å². The summed E-state index contributed by atoms with van der Waals surface area (Å²) in [5, 5.41) is 0.834. The molecule has 60 valence electrons. The van der Waals surface area contributed by atoms with Crippen molar-refractivity contribution in [2.75, 3.05) is 12.3 Å². The summed E-state index contributed by atoms with van der Waals surface area (Å²) in [5.41, 5.74) is 5.34. The smallest absolute Gasteiger partial charge is 0.187 e. The largest absolute Gasteiger partial charge is 0.330 e. The first-order valence-corrected chi connectivity index (χ1v) is 4.52. The van der Waals surface area contributed by atoms with Crippen molar-refractivity contribution in [3.8, 4) is 0 Å². The van der Waals surface area contributed by atoms with Crippen molar-refractivity contribution in [2.24, 2.45) is 5.73 Å². The molecule has 0 saturated heterocycles. The zero-order valence-electron chi connectivity index (χ0n) is 6.23. The van der Waals surface area contributed by atoms with Crippen LogP contribution in [0.25, 0.3) is 0 Å². The summed E-state index contributed by atoms with van der Waals surface area (Å²) in [4.78, 5) is 8.12. The van der Waals surface area contributed by atoms with Gasteiger partial charge in [-0.15, -0.1) is 0 Å². The third-order valence-corrected chi connectivity index (χ3v) is 2.08. The van der Waals surface area contributed by atoms with Crippen molar-refractivity contribution in [3.05, 3.63) is 18.5 Å². The topological polar surface area (TPSA) is 51.8 Å². The third-order valence-electron chi connectivity index (χ3n) is 1.12. The van der Waals surface area contributed by atoms with Crippen molar-refractivity contribution in [1.82, 2.24) is 9.97 Å². The van der Waals surface area contributed by atoms with Gasteiger partial charge >= 0.3 is 0 Å². The minimum atomic E-state index is 0.736. The van der Waals surface area contributed by atoms with Gasteiger partial charge in [0.25, 0.3) is 0 Å². The number of hydrogen-bond donors (Lipinski definition) is 1. The van der Waals surface area contributed by atoms with Gasteiger partial charge in [0.15, 0.2) is 5.16 Å². The van der Waals surface area contributed by atoms with Gasteiger partial charge in [-0.25, -0.2) is 9.97 Å². The van der Waals surface area contributed by atoms with E-state index in [-0.39, 0.29) is 0 Å². The van der Waals surface area contributed by atoms with Gasteiger partial charge in [-0.2, -0.15) is 0 Å². The second kappa shape index (κ2) is 5.09. The average molecular weight is 169 g/mol. The minimum absolute atomic E-state index is 0.736. The first-order valence-electron chi connectivity index (χ1n) is 3.53. The van der Waals surface area contributed by atoms with Gasteiger partial charge in [-0.3, -0.25) is 0 Å². The molecule has 11 heavy (non-hydrogen) atoms. The average Bonchev–Trinajstić information content (AvgIpc) is 2.07. The fourth-order valence-electron chi connectivity index (χ4n) is 0.607. The third kappa shape index (κ3) is 3.34. The van der Waals surface area contributed by atoms with Gasteiger partial charge in [0.2, 0.25) is 0 Å². The highest BCUT2D eigenvalue weighted by atomic mass is 32.2. The molecule has 3 nitrogen and oxygen atoms in total. The molecule has 0 bridgehead atoms. The Hall–Kier alpha value is -0.610. The Labute approximate surface area is 70.4 Å². The lowest BCUT2D eigenvalue weighted by molar-refractivity contribution is 0.925. The summed E-state index contributed by atoms with van der Waals surface area (Å²) < 4.78 is 0. The monoisotopic (exact) mass is 169 g/mol. The van der Waals surface area contributed by atoms with Crippen LogP contribution in [0.5, 0.6) is 0 Å². The van der Waals surface area contributed by atoms with Gasteiger partial charge in [0.1, 0.15) is 0 Å². The van der Waals surface area contributed by atoms with Crippen molar-refractivity contribution >= 4 is 11.8 Å². The van der Waals surface area contributed by atoms with Gasteiger partial charge in [0, 0.05) is 18.1 Å². The summed E-state index contributed by atoms with van der Waals surface area (Å²) >= 11 is 1.64. The molecule has 0 aliphatic rings. The Morgan fingerprint density at radius 1 is 1.36 bits per heavy atom. The van der Waals surface area contributed by atoms with Crippen LogP contribution in [0.4, 0.5) is 0 Å². The Morgan fingerprint density at radius 3 is 2.73 bits per heavy atom. The fraction of sp³-hybridized carbons (Fsp3) is 0.429. The number of aromatic nitrogens is 2. The maximum Gasteiger partial charge on any atom is 0.187 e. The van der Waals surface area contributed by atoms with Crippen molar-refractivity contribution in [2.45, 2.75) is 11.6 Å². The molecule has 1 heterocycles. The summed E-state index contributed by atoms with van der Waals surface area (Å²) in [7, 11) is 0. The Bertz CT molecular complexity index is 190. The van der Waals surface area contributed by atoms with Crippen LogP contribution in [-0.4, -0.2) is 22.3 Å². The zero-order valence-corrected chi connectivity index (χ0v) is 7.05. The molecule has 0 aromatic carbocycles. The zero-order chi connectivity index (χ0) is 7.94. The molecule has 0 saturated carbocycles. The lowest BCUT2D eigenvalue weighted by Gasteiger charge is -1.95. The second-order valence-electron chi connectivity index (χ2n) is 2.02. The second-order valence-corrected chi connectivity index (χ2v) is 3.08. The molecule has 0 aliphatic heterocycles. The summed E-state index contributed by atoms with van der Waals surface area (Å²) in [6.07, 6.45) is 4.51. The van der Waals surface area contributed by atoms with E-state index in [9.17, 15) is 0 Å². The van der Waals surface area contributed by atoms with Crippen LogP contribution < -0.4 is 5.73 Å². The first-order chi connectivity index (χ1) is 5.43. The highest BCUT2D eigenvalue weighted by molar-refractivity contribution is 7.99. The molecule has 0 unspecified atom stereocenters. The standard InChI is InChI=1S/C7H11N3S/c8-3-1-6-11-7-9-4-2-5-10-7/h2,4-5H,1,3,6,8H2. The van der Waals surface area contributed by atoms with Crippen LogP contribution in [0.15, 0.2) is 23.6 Å². The Kier molecular flexibility index (Phi) is 3.93. The van der Waals surface area contributed by atoms with E-state index >= 15 is 0 Å². The predicted molar refractivity (Wildman–Crippen MR) is 46.4 cm³/mol. The molecule has 0 spiro atoms. The van der Waals surface area contributed by atoms with E-state index in [2.05, 4.69) is 9.97 Å². The molecule has 1 aromatic rings. The van der Waals surface area contributed by atoms with Crippen LogP contribution in [0, 0.1) is 0 Å². The van der Waals surface area contributed by atoms with Crippen molar-refractivity contribution in [1.29, 1.82) is 0 Å².